The number of benzene rings is 2. The number of aromatic nitrogens is 1. The van der Waals surface area contributed by atoms with E-state index in [-0.39, 0.29) is 36.0 Å². The van der Waals surface area contributed by atoms with E-state index in [2.05, 4.69) is 18.4 Å². The molecule has 1 saturated carbocycles. The number of nitrogens with zero attached hydrogens (tertiary/aromatic N) is 1. The molecule has 0 amide bonds. The fourth-order valence-corrected chi connectivity index (χ4v) is 3.95. The van der Waals surface area contributed by atoms with Gasteiger partial charge in [-0.3, -0.25) is 4.79 Å². The van der Waals surface area contributed by atoms with Gasteiger partial charge in [0, 0.05) is 23.2 Å². The summed E-state index contributed by atoms with van der Waals surface area (Å²) in [6, 6.07) is 9.74. The molecule has 5 heteroatoms. The van der Waals surface area contributed by atoms with Crippen LogP contribution in [0, 0.1) is 24.5 Å². The Morgan fingerprint density at radius 1 is 1.17 bits per heavy atom. The van der Waals surface area contributed by atoms with Gasteiger partial charge in [-0.1, -0.05) is 13.8 Å². The van der Waals surface area contributed by atoms with Gasteiger partial charge >= 0.3 is 5.97 Å². The molecule has 1 heterocycles. The van der Waals surface area contributed by atoms with Crippen LogP contribution in [0.3, 0.4) is 0 Å². The topological polar surface area (TPSA) is 31.2 Å². The molecular weight excluding hydrogens is 372 g/mol. The van der Waals surface area contributed by atoms with Gasteiger partial charge in [0.1, 0.15) is 11.6 Å². The highest BCUT2D eigenvalue weighted by Crippen LogP contribution is 2.36. The number of rotatable bonds is 6. The first-order chi connectivity index (χ1) is 13.9. The molecule has 0 N–H and O–H groups in total. The molecule has 0 radical (unpaired) electrons. The third-order valence-electron chi connectivity index (χ3n) is 5.53. The predicted molar refractivity (Wildman–Crippen MR) is 109 cm³/mol. The summed E-state index contributed by atoms with van der Waals surface area (Å²) in [5, 5.41) is 0.804. The number of halogens is 2. The zero-order valence-corrected chi connectivity index (χ0v) is 17.0. The molecular formula is C24H25F2NO2. The van der Waals surface area contributed by atoms with Crippen LogP contribution in [0.15, 0.2) is 36.4 Å². The van der Waals surface area contributed by atoms with Crippen molar-refractivity contribution in [3.8, 4) is 5.69 Å². The lowest BCUT2D eigenvalue weighted by Gasteiger charge is -2.16. The minimum Gasteiger partial charge on any atom is -0.465 e. The summed E-state index contributed by atoms with van der Waals surface area (Å²) in [5.41, 5.74) is 4.26. The minimum atomic E-state index is -0.309. The number of fused-ring (bicyclic) bond motifs is 1. The van der Waals surface area contributed by atoms with Gasteiger partial charge < -0.3 is 9.30 Å². The molecule has 3 aromatic rings. The van der Waals surface area contributed by atoms with Crippen molar-refractivity contribution in [1.82, 2.24) is 4.57 Å². The molecule has 1 aliphatic rings. The summed E-state index contributed by atoms with van der Waals surface area (Å²) in [7, 11) is 0. The van der Waals surface area contributed by atoms with Crippen molar-refractivity contribution in [2.45, 2.75) is 46.0 Å². The summed E-state index contributed by atoms with van der Waals surface area (Å²) in [6.07, 6.45) is 2.33. The van der Waals surface area contributed by atoms with Crippen LogP contribution < -0.4 is 0 Å². The molecule has 1 aromatic heterocycles. The standard InChI is InChI=1S/C24H25F2NO2/c1-14(2)23-19(10-11-29-24(28)16-4-5-16)20-13-17(25)6-9-22(20)27(23)18-7-8-21(26)15(3)12-18/h6-9,12-14,16H,4-5,10-11H2,1-3H3. The summed E-state index contributed by atoms with van der Waals surface area (Å²) in [6.45, 7) is 6.17. The maximum atomic E-state index is 14.1. The SMILES string of the molecule is Cc1cc(-n2c(C(C)C)c(CCOC(=O)C3CC3)c3cc(F)ccc32)ccc1F. The number of hydrogen-bond acceptors (Lipinski definition) is 2. The van der Waals surface area contributed by atoms with Gasteiger partial charge in [0.05, 0.1) is 18.0 Å². The number of carbonyl (C=O) groups excluding carboxylic acids is 1. The van der Waals surface area contributed by atoms with Crippen molar-refractivity contribution in [1.29, 1.82) is 0 Å². The van der Waals surface area contributed by atoms with E-state index in [1.54, 1.807) is 25.1 Å². The summed E-state index contributed by atoms with van der Waals surface area (Å²) in [4.78, 5) is 11.9. The molecule has 2 aromatic carbocycles. The molecule has 4 rings (SSSR count). The Bertz CT molecular complexity index is 1080. The monoisotopic (exact) mass is 397 g/mol. The summed E-state index contributed by atoms with van der Waals surface area (Å²) < 4.78 is 35.5. The zero-order chi connectivity index (χ0) is 20.7. The molecule has 0 bridgehead atoms. The third-order valence-corrected chi connectivity index (χ3v) is 5.53. The Kier molecular flexibility index (Phi) is 5.15. The van der Waals surface area contributed by atoms with Crippen LogP contribution in [0.1, 0.15) is 49.4 Å². The Hall–Kier alpha value is -2.69. The quantitative estimate of drug-likeness (QED) is 0.490. The Morgan fingerprint density at radius 2 is 1.93 bits per heavy atom. The van der Waals surface area contributed by atoms with Gasteiger partial charge in [0.25, 0.3) is 0 Å². The average Bonchev–Trinajstić information content (AvgIpc) is 3.47. The van der Waals surface area contributed by atoms with Crippen LogP contribution >= 0.6 is 0 Å². The molecule has 152 valence electrons. The predicted octanol–water partition coefficient (Wildman–Crippen LogP) is 5.84. The number of carbonyl (C=O) groups is 1. The van der Waals surface area contributed by atoms with E-state index in [4.69, 9.17) is 4.74 Å². The molecule has 3 nitrogen and oxygen atoms in total. The first-order valence-electron chi connectivity index (χ1n) is 10.1. The van der Waals surface area contributed by atoms with Crippen LogP contribution in [0.25, 0.3) is 16.6 Å². The second-order valence-electron chi connectivity index (χ2n) is 8.14. The van der Waals surface area contributed by atoms with Crippen molar-refractivity contribution in [2.75, 3.05) is 6.61 Å². The van der Waals surface area contributed by atoms with Crippen molar-refractivity contribution in [3.63, 3.8) is 0 Å². The van der Waals surface area contributed by atoms with Gasteiger partial charge in [-0.2, -0.15) is 0 Å². The van der Waals surface area contributed by atoms with Crippen LogP contribution in [-0.2, 0) is 16.0 Å². The molecule has 1 fully saturated rings. The zero-order valence-electron chi connectivity index (χ0n) is 17.0. The van der Waals surface area contributed by atoms with E-state index >= 15 is 0 Å². The van der Waals surface area contributed by atoms with E-state index in [0.717, 1.165) is 40.7 Å². The van der Waals surface area contributed by atoms with Gasteiger partial charge in [-0.25, -0.2) is 8.78 Å². The molecule has 29 heavy (non-hydrogen) atoms. The van der Waals surface area contributed by atoms with Crippen molar-refractivity contribution < 1.29 is 18.3 Å². The summed E-state index contributed by atoms with van der Waals surface area (Å²) in [5.74, 6) is -0.503. The number of aryl methyl sites for hydroxylation is 1. The molecule has 0 atom stereocenters. The second kappa shape index (κ2) is 7.62. The maximum Gasteiger partial charge on any atom is 0.308 e. The van der Waals surface area contributed by atoms with Crippen molar-refractivity contribution in [3.05, 3.63) is 64.9 Å². The van der Waals surface area contributed by atoms with E-state index in [1.807, 2.05) is 0 Å². The normalized spacial score (nSPS) is 14.0. The molecule has 0 aliphatic heterocycles. The lowest BCUT2D eigenvalue weighted by atomic mass is 10.0. The lowest BCUT2D eigenvalue weighted by Crippen LogP contribution is -2.11. The third kappa shape index (κ3) is 3.78. The number of esters is 1. The van der Waals surface area contributed by atoms with Gasteiger partial charge in [0.2, 0.25) is 0 Å². The second-order valence-corrected chi connectivity index (χ2v) is 8.14. The van der Waals surface area contributed by atoms with Crippen molar-refractivity contribution >= 4 is 16.9 Å². The lowest BCUT2D eigenvalue weighted by molar-refractivity contribution is -0.145. The fourth-order valence-electron chi connectivity index (χ4n) is 3.95. The first kappa shape index (κ1) is 19.6. The van der Waals surface area contributed by atoms with Crippen LogP contribution in [0.2, 0.25) is 0 Å². The van der Waals surface area contributed by atoms with Crippen LogP contribution in [0.5, 0.6) is 0 Å². The summed E-state index contributed by atoms with van der Waals surface area (Å²) >= 11 is 0. The largest absolute Gasteiger partial charge is 0.465 e. The highest BCUT2D eigenvalue weighted by Gasteiger charge is 2.31. The van der Waals surface area contributed by atoms with E-state index < -0.39 is 0 Å². The van der Waals surface area contributed by atoms with Gasteiger partial charge in [-0.15, -0.1) is 0 Å². The first-order valence-corrected chi connectivity index (χ1v) is 10.1. The minimum absolute atomic E-state index is 0.0561. The Morgan fingerprint density at radius 3 is 2.59 bits per heavy atom. The van der Waals surface area contributed by atoms with Gasteiger partial charge in [0.15, 0.2) is 0 Å². The number of hydrogen-bond donors (Lipinski definition) is 0. The van der Waals surface area contributed by atoms with Gasteiger partial charge in [-0.05, 0) is 73.2 Å². The highest BCUT2D eigenvalue weighted by atomic mass is 19.1. The Balaban J connectivity index is 1.82. The Labute approximate surface area is 169 Å². The molecule has 0 unspecified atom stereocenters. The average molecular weight is 397 g/mol. The molecule has 0 saturated heterocycles. The molecule has 0 spiro atoms. The molecule has 1 aliphatic carbocycles. The van der Waals surface area contributed by atoms with Crippen LogP contribution in [0.4, 0.5) is 8.78 Å². The highest BCUT2D eigenvalue weighted by molar-refractivity contribution is 5.88. The van der Waals surface area contributed by atoms with Crippen molar-refractivity contribution in [2.24, 2.45) is 5.92 Å². The van der Waals surface area contributed by atoms with E-state index in [9.17, 15) is 13.6 Å². The van der Waals surface area contributed by atoms with E-state index in [0.29, 0.717) is 12.0 Å². The fraction of sp³-hybridized carbons (Fsp3) is 0.375. The van der Waals surface area contributed by atoms with Crippen LogP contribution in [-0.4, -0.2) is 17.1 Å². The number of ether oxygens (including phenoxy) is 1. The van der Waals surface area contributed by atoms with E-state index in [1.165, 1.54) is 18.2 Å². The maximum absolute atomic E-state index is 14.1. The smallest absolute Gasteiger partial charge is 0.308 e.